The summed E-state index contributed by atoms with van der Waals surface area (Å²) in [4.78, 5) is 13.2. The number of likely N-dealkylation sites (tertiary alicyclic amines) is 1. The van der Waals surface area contributed by atoms with E-state index in [1.54, 1.807) is 10.9 Å². The lowest BCUT2D eigenvalue weighted by Crippen LogP contribution is -2.44. The lowest BCUT2D eigenvalue weighted by atomic mass is 9.85. The lowest BCUT2D eigenvalue weighted by molar-refractivity contribution is 0.00333. The van der Waals surface area contributed by atoms with Crippen molar-refractivity contribution in [1.29, 1.82) is 0 Å². The van der Waals surface area contributed by atoms with Gasteiger partial charge < -0.3 is 24.4 Å². The predicted molar refractivity (Wildman–Crippen MR) is 127 cm³/mol. The molecular weight excluding hydrogens is 439 g/mol. The second kappa shape index (κ2) is 9.44. The highest BCUT2D eigenvalue weighted by atomic mass is 19.1. The van der Waals surface area contributed by atoms with Gasteiger partial charge in [-0.2, -0.15) is 15.1 Å². The highest BCUT2D eigenvalue weighted by Gasteiger charge is 2.30. The number of hydrogen-bond acceptors (Lipinski definition) is 8. The molecule has 4 heterocycles. The third-order valence-corrected chi connectivity index (χ3v) is 6.84. The molecule has 1 aromatic carbocycles. The first-order chi connectivity index (χ1) is 16.5. The number of rotatable bonds is 5. The number of aromatic nitrogens is 4. The molecule has 0 unspecified atom stereocenters. The van der Waals surface area contributed by atoms with Crippen LogP contribution in [0.3, 0.4) is 0 Å². The summed E-state index contributed by atoms with van der Waals surface area (Å²) in [6.07, 6.45) is 1.42. The fraction of sp³-hybridized carbons (Fsp3) is 0.542. The van der Waals surface area contributed by atoms with Crippen molar-refractivity contribution in [3.8, 4) is 11.8 Å². The van der Waals surface area contributed by atoms with Gasteiger partial charge in [0.05, 0.1) is 38.1 Å². The van der Waals surface area contributed by atoms with Crippen LogP contribution >= 0.6 is 0 Å². The average molecular weight is 471 g/mol. The number of aliphatic hydroxyl groups is 1. The van der Waals surface area contributed by atoms with E-state index < -0.39 is 6.17 Å². The number of halogens is 1. The van der Waals surface area contributed by atoms with E-state index in [4.69, 9.17) is 9.47 Å². The molecule has 0 amide bonds. The summed E-state index contributed by atoms with van der Waals surface area (Å²) < 4.78 is 27.7. The molecule has 2 fully saturated rings. The van der Waals surface area contributed by atoms with Crippen LogP contribution in [-0.2, 0) is 4.74 Å². The van der Waals surface area contributed by atoms with Gasteiger partial charge in [0.15, 0.2) is 5.82 Å². The van der Waals surface area contributed by atoms with Crippen LogP contribution in [0.5, 0.6) is 6.01 Å². The minimum atomic E-state index is -0.905. The molecule has 0 saturated carbocycles. The van der Waals surface area contributed by atoms with Gasteiger partial charge in [-0.15, -0.1) is 0 Å². The number of morpholine rings is 1. The molecule has 10 heteroatoms. The van der Waals surface area contributed by atoms with Crippen molar-refractivity contribution in [1.82, 2.24) is 24.6 Å². The maximum atomic E-state index is 15.0. The number of aryl methyl sites for hydroxylation is 1. The van der Waals surface area contributed by atoms with E-state index in [9.17, 15) is 9.50 Å². The van der Waals surface area contributed by atoms with Crippen LogP contribution in [0.4, 0.5) is 10.2 Å². The fourth-order valence-electron chi connectivity index (χ4n) is 4.99. The zero-order valence-corrected chi connectivity index (χ0v) is 19.8. The largest absolute Gasteiger partial charge is 0.467 e. The SMILES string of the molecule is COc1nc(N2CCO[C@@H](CO)C2)cc(-n2ncc3cc(C)c([C@@H]4CCN(C)C[C@@H]4F)cc32)n1. The summed E-state index contributed by atoms with van der Waals surface area (Å²) in [5, 5.41) is 15.1. The maximum absolute atomic E-state index is 15.0. The van der Waals surface area contributed by atoms with Gasteiger partial charge in [0.1, 0.15) is 12.0 Å². The van der Waals surface area contributed by atoms with Gasteiger partial charge >= 0.3 is 6.01 Å². The Bertz CT molecular complexity index is 1170. The molecule has 34 heavy (non-hydrogen) atoms. The standard InChI is InChI=1S/C24H31FN6O3/c1-15-8-16-11-26-31(21(16)9-19(15)18-4-5-29(2)13-20(18)25)23-10-22(27-24(28-23)33-3)30-6-7-34-17(12-30)14-32/h8-11,17-18,20,32H,4-7,12-14H2,1-3H3/t17-,18+,20+/m1/s1. The molecule has 3 aromatic rings. The van der Waals surface area contributed by atoms with E-state index in [-0.39, 0.29) is 24.6 Å². The lowest BCUT2D eigenvalue weighted by Gasteiger charge is -2.33. The molecule has 0 spiro atoms. The van der Waals surface area contributed by atoms with Crippen LogP contribution in [0.2, 0.25) is 0 Å². The summed E-state index contributed by atoms with van der Waals surface area (Å²) >= 11 is 0. The highest BCUT2D eigenvalue weighted by Crippen LogP contribution is 2.35. The maximum Gasteiger partial charge on any atom is 0.320 e. The van der Waals surface area contributed by atoms with Crippen LogP contribution in [0.25, 0.3) is 16.7 Å². The minimum Gasteiger partial charge on any atom is -0.467 e. The van der Waals surface area contributed by atoms with E-state index in [1.807, 2.05) is 29.8 Å². The average Bonchev–Trinajstić information content (AvgIpc) is 3.26. The van der Waals surface area contributed by atoms with E-state index in [0.29, 0.717) is 37.9 Å². The summed E-state index contributed by atoms with van der Waals surface area (Å²) in [5.41, 5.74) is 2.97. The topological polar surface area (TPSA) is 88.8 Å². The van der Waals surface area contributed by atoms with Gasteiger partial charge in [-0.05, 0) is 50.2 Å². The Morgan fingerprint density at radius 1 is 1.18 bits per heavy atom. The third-order valence-electron chi connectivity index (χ3n) is 6.84. The van der Waals surface area contributed by atoms with Crippen molar-refractivity contribution in [3.05, 3.63) is 35.5 Å². The van der Waals surface area contributed by atoms with Crippen LogP contribution in [0.1, 0.15) is 23.5 Å². The van der Waals surface area contributed by atoms with Crippen molar-refractivity contribution in [2.24, 2.45) is 0 Å². The first kappa shape index (κ1) is 22.9. The summed E-state index contributed by atoms with van der Waals surface area (Å²) in [6, 6.07) is 6.23. The molecular formula is C24H31FN6O3. The van der Waals surface area contributed by atoms with E-state index in [1.165, 1.54) is 7.11 Å². The van der Waals surface area contributed by atoms with Crippen molar-refractivity contribution < 1.29 is 19.0 Å². The Kier molecular flexibility index (Phi) is 6.37. The molecule has 9 nitrogen and oxygen atoms in total. The number of methoxy groups -OCH3 is 1. The van der Waals surface area contributed by atoms with E-state index >= 15 is 0 Å². The van der Waals surface area contributed by atoms with Crippen molar-refractivity contribution >= 4 is 16.7 Å². The molecule has 2 aliphatic rings. The second-order valence-corrected chi connectivity index (χ2v) is 9.19. The monoisotopic (exact) mass is 470 g/mol. The number of piperidine rings is 1. The molecule has 5 rings (SSSR count). The van der Waals surface area contributed by atoms with Gasteiger partial charge in [0, 0.05) is 37.0 Å². The van der Waals surface area contributed by atoms with Gasteiger partial charge in [-0.25, -0.2) is 9.07 Å². The number of hydrogen-bond donors (Lipinski definition) is 1. The Hall–Kier alpha value is -2.82. The number of aliphatic hydroxyl groups excluding tert-OH is 1. The molecule has 0 bridgehead atoms. The number of ether oxygens (including phenoxy) is 2. The molecule has 0 radical (unpaired) electrons. The van der Waals surface area contributed by atoms with Gasteiger partial charge in [-0.1, -0.05) is 0 Å². The molecule has 0 aliphatic carbocycles. The van der Waals surface area contributed by atoms with Gasteiger partial charge in [-0.3, -0.25) is 0 Å². The highest BCUT2D eigenvalue weighted by molar-refractivity contribution is 5.82. The Morgan fingerprint density at radius 2 is 2.00 bits per heavy atom. The number of fused-ring (bicyclic) bond motifs is 1. The van der Waals surface area contributed by atoms with Crippen LogP contribution in [0, 0.1) is 6.92 Å². The normalized spacial score (nSPS) is 24.0. The quantitative estimate of drug-likeness (QED) is 0.607. The zero-order chi connectivity index (χ0) is 23.8. The van der Waals surface area contributed by atoms with Crippen LogP contribution in [-0.4, -0.2) is 95.6 Å². The Balaban J connectivity index is 1.55. The fourth-order valence-corrected chi connectivity index (χ4v) is 4.99. The summed E-state index contributed by atoms with van der Waals surface area (Å²) in [6.45, 7) is 4.98. The molecule has 2 saturated heterocycles. The van der Waals surface area contributed by atoms with Crippen molar-refractivity contribution in [2.75, 3.05) is 58.5 Å². The van der Waals surface area contributed by atoms with Crippen LogP contribution < -0.4 is 9.64 Å². The molecule has 182 valence electrons. The second-order valence-electron chi connectivity index (χ2n) is 9.19. The zero-order valence-electron chi connectivity index (χ0n) is 19.8. The minimum absolute atomic E-state index is 0.0516. The molecule has 2 aromatic heterocycles. The Labute approximate surface area is 198 Å². The first-order valence-electron chi connectivity index (χ1n) is 11.7. The first-order valence-corrected chi connectivity index (χ1v) is 11.7. The summed E-state index contributed by atoms with van der Waals surface area (Å²) in [7, 11) is 3.49. The van der Waals surface area contributed by atoms with E-state index in [2.05, 4.69) is 27.2 Å². The van der Waals surface area contributed by atoms with Crippen molar-refractivity contribution in [2.45, 2.75) is 31.5 Å². The Morgan fingerprint density at radius 3 is 2.76 bits per heavy atom. The van der Waals surface area contributed by atoms with Crippen molar-refractivity contribution in [3.63, 3.8) is 0 Å². The number of benzene rings is 1. The third kappa shape index (κ3) is 4.33. The van der Waals surface area contributed by atoms with Gasteiger partial charge in [0.25, 0.3) is 0 Å². The summed E-state index contributed by atoms with van der Waals surface area (Å²) in [5.74, 6) is 1.11. The molecule has 1 N–H and O–H groups in total. The molecule has 3 atom stereocenters. The van der Waals surface area contributed by atoms with Gasteiger partial charge in [0.2, 0.25) is 0 Å². The predicted octanol–water partition coefficient (Wildman–Crippen LogP) is 2.09. The smallest absolute Gasteiger partial charge is 0.320 e. The van der Waals surface area contributed by atoms with E-state index in [0.717, 1.165) is 35.0 Å². The number of anilines is 1. The molecule has 2 aliphatic heterocycles. The van der Waals surface area contributed by atoms with Crippen LogP contribution in [0.15, 0.2) is 24.4 Å². The number of nitrogens with zero attached hydrogens (tertiary/aromatic N) is 6. The number of alkyl halides is 1.